The summed E-state index contributed by atoms with van der Waals surface area (Å²) in [4.78, 5) is 30.6. The third kappa shape index (κ3) is 5.69. The van der Waals surface area contributed by atoms with Gasteiger partial charge in [-0.1, -0.05) is 32.8 Å². The SMILES string of the molecule is CC#Cc1cc(C)c(C2=C(OC(=O)SC(C)(C)C)CC(Cc3ccccn3)C2=O)c(C)c1. The molecule has 0 saturated carbocycles. The van der Waals surface area contributed by atoms with Crippen molar-refractivity contribution in [3.63, 3.8) is 0 Å². The maximum absolute atomic E-state index is 13.6. The maximum atomic E-state index is 13.6. The van der Waals surface area contributed by atoms with E-state index in [2.05, 4.69) is 16.8 Å². The van der Waals surface area contributed by atoms with E-state index >= 15 is 0 Å². The first kappa shape index (κ1) is 23.8. The molecule has 0 fully saturated rings. The summed E-state index contributed by atoms with van der Waals surface area (Å²) in [6.07, 6.45) is 2.62. The van der Waals surface area contributed by atoms with Crippen LogP contribution in [0.5, 0.6) is 0 Å². The molecule has 3 rings (SSSR count). The van der Waals surface area contributed by atoms with Crippen LogP contribution in [0.25, 0.3) is 5.57 Å². The van der Waals surface area contributed by atoms with Gasteiger partial charge >= 0.3 is 5.30 Å². The van der Waals surface area contributed by atoms with E-state index in [9.17, 15) is 9.59 Å². The van der Waals surface area contributed by atoms with Crippen molar-refractivity contribution in [1.29, 1.82) is 0 Å². The molecular weight excluding hydrogens is 418 g/mol. The highest BCUT2D eigenvalue weighted by atomic mass is 32.2. The van der Waals surface area contributed by atoms with E-state index in [1.807, 2.05) is 65.0 Å². The molecule has 1 aliphatic carbocycles. The van der Waals surface area contributed by atoms with Gasteiger partial charge in [0.2, 0.25) is 0 Å². The Balaban J connectivity index is 2.02. The topological polar surface area (TPSA) is 56.3 Å². The molecule has 1 aromatic heterocycles. The molecule has 1 aromatic carbocycles. The van der Waals surface area contributed by atoms with Gasteiger partial charge in [-0.25, -0.2) is 4.79 Å². The fraction of sp³-hybridized carbons (Fsp3) is 0.370. The zero-order valence-electron chi connectivity index (χ0n) is 19.5. The van der Waals surface area contributed by atoms with Crippen LogP contribution in [-0.2, 0) is 16.0 Å². The molecule has 0 N–H and O–H groups in total. The lowest BCUT2D eigenvalue weighted by molar-refractivity contribution is -0.116. The monoisotopic (exact) mass is 447 g/mol. The molecule has 1 heterocycles. The Morgan fingerprint density at radius 2 is 1.91 bits per heavy atom. The Labute approximate surface area is 194 Å². The second-order valence-corrected chi connectivity index (χ2v) is 10.8. The summed E-state index contributed by atoms with van der Waals surface area (Å²) in [5.41, 5.74) is 5.00. The number of hydrogen-bond acceptors (Lipinski definition) is 5. The van der Waals surface area contributed by atoms with Crippen LogP contribution in [0, 0.1) is 31.6 Å². The van der Waals surface area contributed by atoms with Gasteiger partial charge in [-0.05, 0) is 73.5 Å². The number of carbonyl (C=O) groups is 2. The largest absolute Gasteiger partial charge is 0.422 e. The molecule has 0 radical (unpaired) electrons. The minimum absolute atomic E-state index is 0.000243. The van der Waals surface area contributed by atoms with Crippen molar-refractivity contribution in [2.45, 2.75) is 59.1 Å². The van der Waals surface area contributed by atoms with Gasteiger partial charge in [0.25, 0.3) is 0 Å². The second-order valence-electron chi connectivity index (χ2n) is 9.02. The Morgan fingerprint density at radius 3 is 2.47 bits per heavy atom. The van der Waals surface area contributed by atoms with Crippen molar-refractivity contribution in [3.05, 3.63) is 70.2 Å². The zero-order valence-corrected chi connectivity index (χ0v) is 20.4. The number of benzene rings is 1. The Bertz CT molecular complexity index is 1110. The number of pyridine rings is 1. The molecule has 166 valence electrons. The molecule has 0 saturated heterocycles. The third-order valence-corrected chi connectivity index (χ3v) is 6.02. The normalized spacial score (nSPS) is 16.1. The molecule has 1 atom stereocenters. The van der Waals surface area contributed by atoms with Crippen LogP contribution in [0.1, 0.15) is 62.1 Å². The van der Waals surface area contributed by atoms with Gasteiger partial charge in [-0.15, -0.1) is 5.92 Å². The summed E-state index contributed by atoms with van der Waals surface area (Å²) in [6.45, 7) is 11.6. The molecule has 0 bridgehead atoms. The summed E-state index contributed by atoms with van der Waals surface area (Å²) in [5.74, 6) is 6.15. The molecule has 4 nitrogen and oxygen atoms in total. The number of rotatable bonds is 4. The maximum Gasteiger partial charge on any atom is 0.372 e. The van der Waals surface area contributed by atoms with Crippen molar-refractivity contribution < 1.29 is 14.3 Å². The van der Waals surface area contributed by atoms with E-state index in [0.29, 0.717) is 24.2 Å². The van der Waals surface area contributed by atoms with Gasteiger partial charge in [-0.3, -0.25) is 9.78 Å². The lowest BCUT2D eigenvalue weighted by Gasteiger charge is -2.17. The first-order chi connectivity index (χ1) is 15.1. The predicted octanol–water partition coefficient (Wildman–Crippen LogP) is 6.28. The van der Waals surface area contributed by atoms with Crippen molar-refractivity contribution >= 4 is 28.4 Å². The van der Waals surface area contributed by atoms with Gasteiger partial charge in [0.15, 0.2) is 5.78 Å². The van der Waals surface area contributed by atoms with E-state index in [4.69, 9.17) is 4.74 Å². The average molecular weight is 448 g/mol. The predicted molar refractivity (Wildman–Crippen MR) is 130 cm³/mol. The standard InChI is InChI=1S/C27H29NO3S/c1-7-10-19-13-17(2)23(18(3)14-19)24-22(31-26(30)32-27(4,5)6)16-20(25(24)29)15-21-11-8-9-12-28-21/h8-9,11-14,20H,15-16H2,1-6H3. The summed E-state index contributed by atoms with van der Waals surface area (Å²) in [7, 11) is 0. The summed E-state index contributed by atoms with van der Waals surface area (Å²) in [6, 6.07) is 9.65. The Morgan fingerprint density at radius 1 is 1.22 bits per heavy atom. The molecule has 2 aromatic rings. The van der Waals surface area contributed by atoms with Crippen LogP contribution >= 0.6 is 11.8 Å². The van der Waals surface area contributed by atoms with E-state index in [0.717, 1.165) is 39.7 Å². The molecule has 5 heteroatoms. The Hall–Kier alpha value is -2.84. The van der Waals surface area contributed by atoms with Gasteiger partial charge < -0.3 is 4.74 Å². The van der Waals surface area contributed by atoms with Crippen LogP contribution in [-0.4, -0.2) is 20.8 Å². The number of ketones is 1. The van der Waals surface area contributed by atoms with Crippen LogP contribution in [0.3, 0.4) is 0 Å². The third-order valence-electron chi connectivity index (χ3n) is 5.16. The number of aryl methyl sites for hydroxylation is 2. The lowest BCUT2D eigenvalue weighted by Crippen LogP contribution is -2.14. The minimum Gasteiger partial charge on any atom is -0.422 e. The number of nitrogens with zero attached hydrogens (tertiary/aromatic N) is 1. The highest BCUT2D eigenvalue weighted by Crippen LogP contribution is 2.41. The summed E-state index contributed by atoms with van der Waals surface area (Å²) < 4.78 is 5.54. The summed E-state index contributed by atoms with van der Waals surface area (Å²) >= 11 is 1.13. The molecule has 0 spiro atoms. The van der Waals surface area contributed by atoms with E-state index in [-0.39, 0.29) is 21.7 Å². The average Bonchev–Trinajstić information content (AvgIpc) is 2.96. The fourth-order valence-corrected chi connectivity index (χ4v) is 4.64. The Kier molecular flexibility index (Phi) is 7.26. The molecule has 0 amide bonds. The number of carbonyl (C=O) groups excluding carboxylic acids is 2. The molecule has 1 unspecified atom stereocenters. The van der Waals surface area contributed by atoms with Crippen LogP contribution < -0.4 is 0 Å². The molecule has 32 heavy (non-hydrogen) atoms. The van der Waals surface area contributed by atoms with Crippen molar-refractivity contribution in [1.82, 2.24) is 4.98 Å². The molecular formula is C27H29NO3S. The van der Waals surface area contributed by atoms with Crippen LogP contribution in [0.15, 0.2) is 42.3 Å². The van der Waals surface area contributed by atoms with Gasteiger partial charge in [0, 0.05) is 41.0 Å². The highest BCUT2D eigenvalue weighted by molar-refractivity contribution is 8.14. The van der Waals surface area contributed by atoms with E-state index < -0.39 is 0 Å². The van der Waals surface area contributed by atoms with Gasteiger partial charge in [-0.2, -0.15) is 0 Å². The number of ether oxygens (including phenoxy) is 1. The van der Waals surface area contributed by atoms with Crippen LogP contribution in [0.2, 0.25) is 0 Å². The first-order valence-electron chi connectivity index (χ1n) is 10.7. The lowest BCUT2D eigenvalue weighted by atomic mass is 9.89. The van der Waals surface area contributed by atoms with Crippen molar-refractivity contribution in [3.8, 4) is 11.8 Å². The summed E-state index contributed by atoms with van der Waals surface area (Å²) in [5, 5.41) is -0.389. The highest BCUT2D eigenvalue weighted by Gasteiger charge is 2.38. The fourth-order valence-electron chi connectivity index (χ4n) is 4.00. The van der Waals surface area contributed by atoms with E-state index in [1.165, 1.54) is 0 Å². The minimum atomic E-state index is -0.389. The number of thioether (sulfide) groups is 1. The molecule has 0 aliphatic heterocycles. The van der Waals surface area contributed by atoms with Crippen LogP contribution in [0.4, 0.5) is 4.79 Å². The smallest absolute Gasteiger partial charge is 0.372 e. The number of hydrogen-bond donors (Lipinski definition) is 0. The quantitative estimate of drug-likeness (QED) is 0.408. The van der Waals surface area contributed by atoms with E-state index in [1.54, 1.807) is 13.1 Å². The van der Waals surface area contributed by atoms with Gasteiger partial charge in [0.1, 0.15) is 5.76 Å². The second kappa shape index (κ2) is 9.75. The number of aromatic nitrogens is 1. The number of Topliss-reactive ketones (excluding diaryl/α,β-unsaturated/α-hetero) is 1. The first-order valence-corrected chi connectivity index (χ1v) is 11.5. The van der Waals surface area contributed by atoms with Crippen molar-refractivity contribution in [2.75, 3.05) is 0 Å². The molecule has 1 aliphatic rings. The number of allylic oxidation sites excluding steroid dienone is 2. The van der Waals surface area contributed by atoms with Crippen molar-refractivity contribution in [2.24, 2.45) is 5.92 Å². The van der Waals surface area contributed by atoms with Gasteiger partial charge in [0.05, 0.1) is 5.57 Å². The zero-order chi connectivity index (χ0) is 23.5.